The Morgan fingerprint density at radius 2 is 1.84 bits per heavy atom. The molecule has 0 bridgehead atoms. The van der Waals surface area contributed by atoms with Crippen molar-refractivity contribution in [2.45, 2.75) is 6.18 Å². The zero-order valence-corrected chi connectivity index (χ0v) is 13.2. The second-order valence-electron chi connectivity index (χ2n) is 4.94. The normalized spacial score (nSPS) is 11.5. The maximum Gasteiger partial charge on any atom is 0.416 e. The molecule has 2 N–H and O–H groups in total. The van der Waals surface area contributed by atoms with Gasteiger partial charge in [-0.3, -0.25) is 4.79 Å². The summed E-state index contributed by atoms with van der Waals surface area (Å²) >= 11 is 5.71. The van der Waals surface area contributed by atoms with Crippen molar-refractivity contribution in [3.63, 3.8) is 0 Å². The molecule has 0 radical (unpaired) electrons. The summed E-state index contributed by atoms with van der Waals surface area (Å²) in [4.78, 5) is 23.0. The summed E-state index contributed by atoms with van der Waals surface area (Å²) in [6.07, 6.45) is -2.28. The van der Waals surface area contributed by atoms with Crippen molar-refractivity contribution in [3.8, 4) is 0 Å². The van der Waals surface area contributed by atoms with Crippen LogP contribution in [0.2, 0.25) is 5.02 Å². The van der Waals surface area contributed by atoms with Gasteiger partial charge in [0.05, 0.1) is 16.8 Å². The van der Waals surface area contributed by atoms with Gasteiger partial charge in [0.25, 0.3) is 0 Å². The van der Waals surface area contributed by atoms with Crippen molar-refractivity contribution in [2.24, 2.45) is 0 Å². The fraction of sp³-hybridized carbons (Fsp3) is 0.0588. The van der Waals surface area contributed by atoms with Crippen LogP contribution in [0.1, 0.15) is 21.5 Å². The number of carboxylic acid groups (broad SMARTS) is 1. The Morgan fingerprint density at radius 1 is 1.12 bits per heavy atom. The van der Waals surface area contributed by atoms with Crippen molar-refractivity contribution >= 4 is 35.2 Å². The highest BCUT2D eigenvalue weighted by Crippen LogP contribution is 2.29. The maximum atomic E-state index is 12.6. The maximum absolute atomic E-state index is 12.6. The number of amides is 1. The minimum Gasteiger partial charge on any atom is -0.478 e. The number of halogens is 4. The first-order valence-corrected chi connectivity index (χ1v) is 7.24. The lowest BCUT2D eigenvalue weighted by molar-refractivity contribution is -0.137. The van der Waals surface area contributed by atoms with Gasteiger partial charge in [-0.15, -0.1) is 0 Å². The molecule has 4 nitrogen and oxygen atoms in total. The van der Waals surface area contributed by atoms with Crippen LogP contribution in [0.15, 0.2) is 48.5 Å². The number of alkyl halides is 3. The summed E-state index contributed by atoms with van der Waals surface area (Å²) in [5, 5.41) is 11.6. The quantitative estimate of drug-likeness (QED) is 0.767. The molecule has 2 aromatic carbocycles. The predicted molar refractivity (Wildman–Crippen MR) is 87.5 cm³/mol. The fourth-order valence-electron chi connectivity index (χ4n) is 1.97. The Morgan fingerprint density at radius 3 is 2.48 bits per heavy atom. The van der Waals surface area contributed by atoms with Crippen LogP contribution in [-0.2, 0) is 11.0 Å². The van der Waals surface area contributed by atoms with Crippen LogP contribution < -0.4 is 5.32 Å². The Labute approximate surface area is 145 Å². The second-order valence-corrected chi connectivity index (χ2v) is 5.38. The third-order valence-electron chi connectivity index (χ3n) is 3.11. The van der Waals surface area contributed by atoms with Gasteiger partial charge in [0.1, 0.15) is 0 Å². The van der Waals surface area contributed by atoms with E-state index < -0.39 is 23.6 Å². The molecule has 2 rings (SSSR count). The molecule has 0 aliphatic rings. The molecular formula is C17H11ClF3NO3. The number of hydrogen-bond acceptors (Lipinski definition) is 2. The smallest absolute Gasteiger partial charge is 0.416 e. The minimum absolute atomic E-state index is 0.0237. The lowest BCUT2D eigenvalue weighted by Gasteiger charge is -2.07. The molecule has 25 heavy (non-hydrogen) atoms. The molecule has 0 saturated heterocycles. The van der Waals surface area contributed by atoms with Crippen LogP contribution in [0.25, 0.3) is 6.08 Å². The molecule has 0 spiro atoms. The molecule has 0 heterocycles. The van der Waals surface area contributed by atoms with Gasteiger partial charge < -0.3 is 10.4 Å². The van der Waals surface area contributed by atoms with E-state index in [2.05, 4.69) is 5.32 Å². The number of benzene rings is 2. The van der Waals surface area contributed by atoms with Crippen LogP contribution in [-0.4, -0.2) is 17.0 Å². The van der Waals surface area contributed by atoms with E-state index in [4.69, 9.17) is 16.7 Å². The van der Waals surface area contributed by atoms with Gasteiger partial charge in [-0.1, -0.05) is 23.7 Å². The van der Waals surface area contributed by atoms with E-state index >= 15 is 0 Å². The lowest BCUT2D eigenvalue weighted by atomic mass is 10.1. The molecule has 0 unspecified atom stereocenters. The number of carboxylic acids is 1. The third kappa shape index (κ3) is 5.09. The van der Waals surface area contributed by atoms with E-state index in [-0.39, 0.29) is 21.8 Å². The standard InChI is InChI=1S/C17H11ClF3NO3/c18-12-5-6-14(13(9-12)16(24)25)22-15(23)7-4-10-2-1-3-11(8-10)17(19,20)21/h1-9H,(H,22,23)(H,24,25). The number of carbonyl (C=O) groups excluding carboxylic acids is 1. The molecule has 0 fully saturated rings. The Balaban J connectivity index is 2.16. The number of carbonyl (C=O) groups is 2. The summed E-state index contributed by atoms with van der Waals surface area (Å²) < 4.78 is 37.9. The van der Waals surface area contributed by atoms with Crippen molar-refractivity contribution in [2.75, 3.05) is 5.32 Å². The molecule has 0 saturated carbocycles. The summed E-state index contributed by atoms with van der Waals surface area (Å²) in [6, 6.07) is 8.35. The Kier molecular flexibility index (Phi) is 5.48. The molecule has 0 aliphatic carbocycles. The van der Waals surface area contributed by atoms with Gasteiger partial charge in [-0.2, -0.15) is 13.2 Å². The lowest BCUT2D eigenvalue weighted by Crippen LogP contribution is -2.12. The van der Waals surface area contributed by atoms with Crippen LogP contribution in [0, 0.1) is 0 Å². The van der Waals surface area contributed by atoms with Gasteiger partial charge in [-0.25, -0.2) is 4.79 Å². The molecule has 130 valence electrons. The zero-order valence-electron chi connectivity index (χ0n) is 12.5. The van der Waals surface area contributed by atoms with Crippen LogP contribution in [0.4, 0.5) is 18.9 Å². The average molecular weight is 370 g/mol. The van der Waals surface area contributed by atoms with Gasteiger partial charge in [-0.05, 0) is 42.0 Å². The number of hydrogen-bond donors (Lipinski definition) is 2. The van der Waals surface area contributed by atoms with Gasteiger partial charge in [0.2, 0.25) is 5.91 Å². The predicted octanol–water partition coefficient (Wildman–Crippen LogP) is 4.71. The Bertz CT molecular complexity index is 847. The first kappa shape index (κ1) is 18.5. The van der Waals surface area contributed by atoms with Crippen LogP contribution in [0.5, 0.6) is 0 Å². The number of rotatable bonds is 4. The van der Waals surface area contributed by atoms with E-state index in [0.717, 1.165) is 18.2 Å². The number of nitrogens with one attached hydrogen (secondary N) is 1. The van der Waals surface area contributed by atoms with Gasteiger partial charge >= 0.3 is 12.1 Å². The van der Waals surface area contributed by atoms with E-state index in [0.29, 0.717) is 0 Å². The number of anilines is 1. The fourth-order valence-corrected chi connectivity index (χ4v) is 2.14. The van der Waals surface area contributed by atoms with Crippen molar-refractivity contribution < 1.29 is 27.9 Å². The highest BCUT2D eigenvalue weighted by molar-refractivity contribution is 6.31. The topological polar surface area (TPSA) is 66.4 Å². The molecule has 0 aliphatic heterocycles. The second kappa shape index (κ2) is 7.40. The van der Waals surface area contributed by atoms with E-state index in [1.807, 2.05) is 0 Å². The monoisotopic (exact) mass is 369 g/mol. The number of aromatic carboxylic acids is 1. The minimum atomic E-state index is -4.48. The van der Waals surface area contributed by atoms with Crippen molar-refractivity contribution in [1.82, 2.24) is 0 Å². The first-order valence-electron chi connectivity index (χ1n) is 6.86. The summed E-state index contributed by atoms with van der Waals surface area (Å²) in [7, 11) is 0. The van der Waals surface area contributed by atoms with E-state index in [1.165, 1.54) is 36.4 Å². The molecule has 8 heteroatoms. The average Bonchev–Trinajstić information content (AvgIpc) is 2.54. The molecular weight excluding hydrogens is 359 g/mol. The first-order chi connectivity index (χ1) is 11.7. The van der Waals surface area contributed by atoms with Crippen LogP contribution in [0.3, 0.4) is 0 Å². The highest BCUT2D eigenvalue weighted by Gasteiger charge is 2.30. The van der Waals surface area contributed by atoms with Crippen LogP contribution >= 0.6 is 11.6 Å². The van der Waals surface area contributed by atoms with Gasteiger partial charge in [0, 0.05) is 11.1 Å². The molecule has 0 atom stereocenters. The zero-order chi connectivity index (χ0) is 18.6. The van der Waals surface area contributed by atoms with Crippen molar-refractivity contribution in [1.29, 1.82) is 0 Å². The Hall–Kier alpha value is -2.80. The SMILES string of the molecule is O=C(C=Cc1cccc(C(F)(F)F)c1)Nc1ccc(Cl)cc1C(=O)O. The summed E-state index contributed by atoms with van der Waals surface area (Å²) in [6.45, 7) is 0. The summed E-state index contributed by atoms with van der Waals surface area (Å²) in [5.74, 6) is -1.97. The van der Waals surface area contributed by atoms with E-state index in [9.17, 15) is 22.8 Å². The van der Waals surface area contributed by atoms with Gasteiger partial charge in [0.15, 0.2) is 0 Å². The molecule has 0 aromatic heterocycles. The van der Waals surface area contributed by atoms with E-state index in [1.54, 1.807) is 0 Å². The molecule has 2 aromatic rings. The largest absolute Gasteiger partial charge is 0.478 e. The van der Waals surface area contributed by atoms with Crippen molar-refractivity contribution in [3.05, 3.63) is 70.3 Å². The summed E-state index contributed by atoms with van der Waals surface area (Å²) in [5.41, 5.74) is -0.829. The molecule has 1 amide bonds. The third-order valence-corrected chi connectivity index (χ3v) is 3.35. The highest BCUT2D eigenvalue weighted by atomic mass is 35.5.